The second-order valence-corrected chi connectivity index (χ2v) is 4.68. The number of aromatic carboxylic acids is 1. The maximum absolute atomic E-state index is 10.8. The Labute approximate surface area is 91.1 Å². The Hall–Kier alpha value is -0.830. The summed E-state index contributed by atoms with van der Waals surface area (Å²) in [7, 11) is 0. The standard InChI is InChI=1S/C11H11BrO2/c12-10-3-1-2-7-4-5-8(11(13)14)6-9(7)10/h4-6,10H,1-3H2,(H,13,14). The van der Waals surface area contributed by atoms with Crippen molar-refractivity contribution in [2.75, 3.05) is 0 Å². The molecule has 1 N–H and O–H groups in total. The first-order chi connectivity index (χ1) is 6.68. The van der Waals surface area contributed by atoms with Crippen molar-refractivity contribution in [1.29, 1.82) is 0 Å². The number of hydrogen-bond donors (Lipinski definition) is 1. The van der Waals surface area contributed by atoms with Crippen LogP contribution in [0, 0.1) is 0 Å². The predicted octanol–water partition coefficient (Wildman–Crippen LogP) is 3.16. The van der Waals surface area contributed by atoms with E-state index in [1.54, 1.807) is 12.1 Å². The van der Waals surface area contributed by atoms with Crippen LogP contribution in [-0.4, -0.2) is 11.1 Å². The summed E-state index contributed by atoms with van der Waals surface area (Å²) in [6.07, 6.45) is 3.34. The number of alkyl halides is 1. The van der Waals surface area contributed by atoms with Crippen LogP contribution in [0.2, 0.25) is 0 Å². The minimum atomic E-state index is -0.849. The number of rotatable bonds is 1. The molecule has 1 unspecified atom stereocenters. The van der Waals surface area contributed by atoms with Gasteiger partial charge in [0.25, 0.3) is 0 Å². The lowest BCUT2D eigenvalue weighted by molar-refractivity contribution is 0.0696. The van der Waals surface area contributed by atoms with Crippen LogP contribution in [-0.2, 0) is 6.42 Å². The van der Waals surface area contributed by atoms with Gasteiger partial charge >= 0.3 is 5.97 Å². The fourth-order valence-electron chi connectivity index (χ4n) is 1.87. The molecule has 0 heterocycles. The first-order valence-electron chi connectivity index (χ1n) is 4.68. The van der Waals surface area contributed by atoms with Gasteiger partial charge < -0.3 is 5.11 Å². The van der Waals surface area contributed by atoms with Gasteiger partial charge in [-0.15, -0.1) is 0 Å². The third-order valence-electron chi connectivity index (χ3n) is 2.63. The second kappa shape index (κ2) is 3.73. The number of benzene rings is 1. The molecule has 14 heavy (non-hydrogen) atoms. The molecule has 1 aliphatic rings. The molecule has 1 aromatic rings. The van der Waals surface area contributed by atoms with Crippen LogP contribution in [0.15, 0.2) is 18.2 Å². The molecule has 1 atom stereocenters. The summed E-state index contributed by atoms with van der Waals surface area (Å²) in [4.78, 5) is 11.1. The fraction of sp³-hybridized carbons (Fsp3) is 0.364. The zero-order valence-electron chi connectivity index (χ0n) is 7.66. The van der Waals surface area contributed by atoms with E-state index < -0.39 is 5.97 Å². The molecule has 74 valence electrons. The Kier molecular flexibility index (Phi) is 2.59. The molecule has 0 bridgehead atoms. The van der Waals surface area contributed by atoms with Crippen molar-refractivity contribution in [1.82, 2.24) is 0 Å². The van der Waals surface area contributed by atoms with Crippen LogP contribution in [0.25, 0.3) is 0 Å². The molecular weight excluding hydrogens is 244 g/mol. The Bertz CT molecular complexity index is 374. The fourth-order valence-corrected chi connectivity index (χ4v) is 2.62. The van der Waals surface area contributed by atoms with Crippen LogP contribution >= 0.6 is 15.9 Å². The van der Waals surface area contributed by atoms with Crippen molar-refractivity contribution < 1.29 is 9.90 Å². The zero-order valence-corrected chi connectivity index (χ0v) is 9.25. The van der Waals surface area contributed by atoms with Crippen molar-refractivity contribution in [3.8, 4) is 0 Å². The van der Waals surface area contributed by atoms with Gasteiger partial charge in [0.05, 0.1) is 5.56 Å². The monoisotopic (exact) mass is 254 g/mol. The molecule has 0 fully saturated rings. The van der Waals surface area contributed by atoms with Gasteiger partial charge in [-0.1, -0.05) is 22.0 Å². The molecular formula is C11H11BrO2. The van der Waals surface area contributed by atoms with Crippen molar-refractivity contribution >= 4 is 21.9 Å². The number of carboxylic acids is 1. The average Bonchev–Trinajstić information content (AvgIpc) is 2.18. The van der Waals surface area contributed by atoms with Gasteiger partial charge in [0.2, 0.25) is 0 Å². The Morgan fingerprint density at radius 2 is 2.29 bits per heavy atom. The predicted molar refractivity (Wildman–Crippen MR) is 58.0 cm³/mol. The van der Waals surface area contributed by atoms with Gasteiger partial charge in [-0.3, -0.25) is 0 Å². The van der Waals surface area contributed by atoms with Gasteiger partial charge in [0.15, 0.2) is 0 Å². The number of fused-ring (bicyclic) bond motifs is 1. The molecule has 0 aliphatic heterocycles. The average molecular weight is 255 g/mol. The molecule has 2 rings (SSSR count). The van der Waals surface area contributed by atoms with E-state index in [4.69, 9.17) is 5.11 Å². The molecule has 2 nitrogen and oxygen atoms in total. The molecule has 0 saturated heterocycles. The zero-order chi connectivity index (χ0) is 10.1. The number of carbonyl (C=O) groups is 1. The Morgan fingerprint density at radius 3 is 3.00 bits per heavy atom. The summed E-state index contributed by atoms with van der Waals surface area (Å²) in [5, 5.41) is 8.86. The molecule has 1 aromatic carbocycles. The summed E-state index contributed by atoms with van der Waals surface area (Å²) < 4.78 is 0. The van der Waals surface area contributed by atoms with Crippen molar-refractivity contribution in [2.45, 2.75) is 24.1 Å². The van der Waals surface area contributed by atoms with Crippen molar-refractivity contribution in [3.05, 3.63) is 34.9 Å². The van der Waals surface area contributed by atoms with Crippen LogP contribution < -0.4 is 0 Å². The van der Waals surface area contributed by atoms with Crippen LogP contribution in [0.5, 0.6) is 0 Å². The molecule has 0 saturated carbocycles. The van der Waals surface area contributed by atoms with E-state index in [0.717, 1.165) is 18.4 Å². The quantitative estimate of drug-likeness (QED) is 0.782. The van der Waals surface area contributed by atoms with E-state index in [1.165, 1.54) is 12.0 Å². The molecule has 0 radical (unpaired) electrons. The van der Waals surface area contributed by atoms with Crippen molar-refractivity contribution in [2.24, 2.45) is 0 Å². The normalized spacial score (nSPS) is 20.2. The summed E-state index contributed by atoms with van der Waals surface area (Å²) in [5.41, 5.74) is 2.81. The molecule has 0 spiro atoms. The largest absolute Gasteiger partial charge is 0.478 e. The number of halogens is 1. The van der Waals surface area contributed by atoms with Crippen molar-refractivity contribution in [3.63, 3.8) is 0 Å². The lowest BCUT2D eigenvalue weighted by Crippen LogP contribution is -2.07. The Balaban J connectivity index is 2.45. The lowest BCUT2D eigenvalue weighted by atomic mass is 9.90. The highest BCUT2D eigenvalue weighted by atomic mass is 79.9. The van der Waals surface area contributed by atoms with Crippen LogP contribution in [0.1, 0.15) is 39.2 Å². The molecule has 3 heteroatoms. The third kappa shape index (κ3) is 1.69. The summed E-state index contributed by atoms with van der Waals surface area (Å²) in [6, 6.07) is 5.41. The maximum atomic E-state index is 10.8. The lowest BCUT2D eigenvalue weighted by Gasteiger charge is -2.21. The van der Waals surface area contributed by atoms with E-state index in [-0.39, 0.29) is 0 Å². The van der Waals surface area contributed by atoms with E-state index in [2.05, 4.69) is 15.9 Å². The smallest absolute Gasteiger partial charge is 0.335 e. The topological polar surface area (TPSA) is 37.3 Å². The number of carboxylic acid groups (broad SMARTS) is 1. The summed E-state index contributed by atoms with van der Waals surface area (Å²) in [6.45, 7) is 0. The molecule has 1 aliphatic carbocycles. The van der Waals surface area contributed by atoms with E-state index >= 15 is 0 Å². The van der Waals surface area contributed by atoms with Gasteiger partial charge in [0, 0.05) is 4.83 Å². The highest BCUT2D eigenvalue weighted by Crippen LogP contribution is 2.36. The SMILES string of the molecule is O=C(O)c1ccc2c(c1)C(Br)CCC2. The first-order valence-corrected chi connectivity index (χ1v) is 5.60. The van der Waals surface area contributed by atoms with Crippen LogP contribution in [0.3, 0.4) is 0 Å². The molecule has 0 aromatic heterocycles. The van der Waals surface area contributed by atoms with Gasteiger partial charge in [-0.2, -0.15) is 0 Å². The minimum Gasteiger partial charge on any atom is -0.478 e. The highest BCUT2D eigenvalue weighted by molar-refractivity contribution is 9.09. The third-order valence-corrected chi connectivity index (χ3v) is 3.59. The second-order valence-electron chi connectivity index (χ2n) is 3.58. The summed E-state index contributed by atoms with van der Waals surface area (Å²) >= 11 is 3.58. The minimum absolute atomic E-state index is 0.325. The number of hydrogen-bond acceptors (Lipinski definition) is 1. The first kappa shape index (κ1) is 9.71. The maximum Gasteiger partial charge on any atom is 0.335 e. The van der Waals surface area contributed by atoms with Gasteiger partial charge in [-0.25, -0.2) is 4.79 Å². The van der Waals surface area contributed by atoms with Gasteiger partial charge in [-0.05, 0) is 42.5 Å². The Morgan fingerprint density at radius 1 is 1.50 bits per heavy atom. The van der Waals surface area contributed by atoms with E-state index in [0.29, 0.717) is 10.4 Å². The molecule has 0 amide bonds. The highest BCUT2D eigenvalue weighted by Gasteiger charge is 2.18. The van der Waals surface area contributed by atoms with Gasteiger partial charge in [0.1, 0.15) is 0 Å². The summed E-state index contributed by atoms with van der Waals surface area (Å²) in [5.74, 6) is -0.849. The van der Waals surface area contributed by atoms with E-state index in [1.807, 2.05) is 6.07 Å². The van der Waals surface area contributed by atoms with E-state index in [9.17, 15) is 4.79 Å². The van der Waals surface area contributed by atoms with Crippen LogP contribution in [0.4, 0.5) is 0 Å². The number of aryl methyl sites for hydroxylation is 1.